The SMILES string of the molecule is CC(=O)CC(C)=O.[Sr+2]. The van der Waals surface area contributed by atoms with Crippen LogP contribution in [0.5, 0.6) is 0 Å². The van der Waals surface area contributed by atoms with E-state index in [0.717, 1.165) is 0 Å². The van der Waals surface area contributed by atoms with Crippen LogP contribution in [0.4, 0.5) is 0 Å². The monoisotopic (exact) mass is 188 g/mol. The van der Waals surface area contributed by atoms with E-state index in [1.807, 2.05) is 0 Å². The van der Waals surface area contributed by atoms with Gasteiger partial charge >= 0.3 is 45.5 Å². The summed E-state index contributed by atoms with van der Waals surface area (Å²) in [6.45, 7) is 2.81. The van der Waals surface area contributed by atoms with E-state index in [0.29, 0.717) is 0 Å². The molecule has 8 heavy (non-hydrogen) atoms. The fourth-order valence-electron chi connectivity index (χ4n) is 0.351. The summed E-state index contributed by atoms with van der Waals surface area (Å²) < 4.78 is 0. The minimum absolute atomic E-state index is 0. The first-order valence-corrected chi connectivity index (χ1v) is 2.12. The Morgan fingerprint density at radius 2 is 1.38 bits per heavy atom. The summed E-state index contributed by atoms with van der Waals surface area (Å²) in [5.74, 6) is -0.125. The zero-order valence-electron chi connectivity index (χ0n) is 5.23. The second kappa shape index (κ2) is 5.95. The molecule has 0 aromatic carbocycles. The Bertz CT molecular complexity index is 86.6. The van der Waals surface area contributed by atoms with E-state index in [4.69, 9.17) is 0 Å². The molecule has 0 heterocycles. The number of hydrogen-bond acceptors (Lipinski definition) is 2. The van der Waals surface area contributed by atoms with Crippen molar-refractivity contribution in [2.45, 2.75) is 20.3 Å². The van der Waals surface area contributed by atoms with Crippen LogP contribution in [0.1, 0.15) is 20.3 Å². The van der Waals surface area contributed by atoms with Gasteiger partial charge in [0.2, 0.25) is 0 Å². The van der Waals surface area contributed by atoms with Crippen LogP contribution in [0.2, 0.25) is 0 Å². The number of ketones is 2. The smallest absolute Gasteiger partial charge is 0.300 e. The van der Waals surface area contributed by atoms with Crippen LogP contribution in [0.25, 0.3) is 0 Å². The predicted molar refractivity (Wildman–Crippen MR) is 31.7 cm³/mol. The average molecular weight is 188 g/mol. The molecule has 0 aromatic rings. The summed E-state index contributed by atoms with van der Waals surface area (Å²) >= 11 is 0. The molecule has 0 N–H and O–H groups in total. The van der Waals surface area contributed by atoms with Crippen molar-refractivity contribution < 1.29 is 9.59 Å². The number of carbonyl (C=O) groups is 2. The Morgan fingerprint density at radius 3 is 1.38 bits per heavy atom. The fourth-order valence-corrected chi connectivity index (χ4v) is 0.351. The molecule has 0 atom stereocenters. The van der Waals surface area contributed by atoms with E-state index in [9.17, 15) is 9.59 Å². The average Bonchev–Trinajstić information content (AvgIpc) is 1.27. The third-order valence-corrected chi connectivity index (χ3v) is 0.498. The van der Waals surface area contributed by atoms with Gasteiger partial charge in [0, 0.05) is 0 Å². The first-order chi connectivity index (χ1) is 3.13. The van der Waals surface area contributed by atoms with E-state index in [1.54, 1.807) is 0 Å². The Morgan fingerprint density at radius 1 is 1.12 bits per heavy atom. The Balaban J connectivity index is 0. The zero-order chi connectivity index (χ0) is 5.86. The van der Waals surface area contributed by atoms with Gasteiger partial charge in [-0.05, 0) is 13.8 Å². The molecule has 0 unspecified atom stereocenters. The maximum atomic E-state index is 10.0. The second-order valence-corrected chi connectivity index (χ2v) is 1.58. The maximum Gasteiger partial charge on any atom is 2.00 e. The molecule has 0 spiro atoms. The van der Waals surface area contributed by atoms with Crippen molar-refractivity contribution in [1.29, 1.82) is 0 Å². The largest absolute Gasteiger partial charge is 2.00 e. The molecule has 2 nitrogen and oxygen atoms in total. The van der Waals surface area contributed by atoms with Gasteiger partial charge < -0.3 is 0 Å². The Labute approximate surface area is 85.9 Å². The van der Waals surface area contributed by atoms with Crippen LogP contribution in [0.3, 0.4) is 0 Å². The van der Waals surface area contributed by atoms with Crippen LogP contribution in [-0.4, -0.2) is 57.0 Å². The molecule has 0 radical (unpaired) electrons. The molecule has 0 saturated heterocycles. The quantitative estimate of drug-likeness (QED) is 0.457. The number of hydrogen-bond donors (Lipinski definition) is 0. The molecule has 0 aromatic heterocycles. The number of Topliss-reactive ketones (excluding diaryl/α,β-unsaturated/α-hetero) is 2. The van der Waals surface area contributed by atoms with Crippen molar-refractivity contribution in [3.63, 3.8) is 0 Å². The zero-order valence-corrected chi connectivity index (χ0v) is 8.71. The molecule has 0 aliphatic heterocycles. The summed E-state index contributed by atoms with van der Waals surface area (Å²) in [5.41, 5.74) is 0. The van der Waals surface area contributed by atoms with Crippen LogP contribution in [0, 0.1) is 0 Å². The van der Waals surface area contributed by atoms with Gasteiger partial charge in [-0.2, -0.15) is 0 Å². The molecular formula is C5H8O2Sr+2. The molecule has 0 amide bonds. The Hall–Kier alpha value is 0.821. The van der Waals surface area contributed by atoms with E-state index < -0.39 is 0 Å². The van der Waals surface area contributed by atoms with Crippen molar-refractivity contribution >= 4 is 57.0 Å². The van der Waals surface area contributed by atoms with Crippen LogP contribution in [0.15, 0.2) is 0 Å². The van der Waals surface area contributed by atoms with Gasteiger partial charge in [0.05, 0.1) is 6.42 Å². The first kappa shape index (κ1) is 11.6. The van der Waals surface area contributed by atoms with Gasteiger partial charge in [-0.15, -0.1) is 0 Å². The minimum Gasteiger partial charge on any atom is -0.300 e. The number of carbonyl (C=O) groups excluding carboxylic acids is 2. The summed E-state index contributed by atoms with van der Waals surface area (Å²) in [5, 5.41) is 0. The van der Waals surface area contributed by atoms with Gasteiger partial charge in [0.25, 0.3) is 0 Å². The molecule has 0 bridgehead atoms. The van der Waals surface area contributed by atoms with Crippen LogP contribution >= 0.6 is 0 Å². The van der Waals surface area contributed by atoms with E-state index >= 15 is 0 Å². The normalized spacial score (nSPS) is 7.25. The maximum absolute atomic E-state index is 10.0. The molecule has 40 valence electrons. The van der Waals surface area contributed by atoms with Crippen molar-refractivity contribution in [2.24, 2.45) is 0 Å². The van der Waals surface area contributed by atoms with Crippen molar-refractivity contribution in [2.75, 3.05) is 0 Å². The molecule has 3 heteroatoms. The standard InChI is InChI=1S/C5H8O2.Sr/c1-4(6)3-5(2)7;/h3H2,1-2H3;/q;+2. The van der Waals surface area contributed by atoms with Gasteiger partial charge in [0.15, 0.2) is 0 Å². The predicted octanol–water partition coefficient (Wildman–Crippen LogP) is 0.174. The molecule has 0 aliphatic rings. The van der Waals surface area contributed by atoms with E-state index in [-0.39, 0.29) is 63.5 Å². The van der Waals surface area contributed by atoms with Crippen LogP contribution in [-0.2, 0) is 9.59 Å². The third-order valence-electron chi connectivity index (χ3n) is 0.498. The van der Waals surface area contributed by atoms with Gasteiger partial charge in [0.1, 0.15) is 11.6 Å². The van der Waals surface area contributed by atoms with E-state index in [2.05, 4.69) is 0 Å². The van der Waals surface area contributed by atoms with Crippen molar-refractivity contribution in [3.8, 4) is 0 Å². The molecule has 0 aliphatic carbocycles. The second-order valence-electron chi connectivity index (χ2n) is 1.58. The van der Waals surface area contributed by atoms with E-state index in [1.165, 1.54) is 13.8 Å². The van der Waals surface area contributed by atoms with Gasteiger partial charge in [-0.25, -0.2) is 0 Å². The molecule has 0 fully saturated rings. The minimum atomic E-state index is -0.0625. The van der Waals surface area contributed by atoms with Gasteiger partial charge in [-0.1, -0.05) is 0 Å². The summed E-state index contributed by atoms with van der Waals surface area (Å²) in [7, 11) is 0. The first-order valence-electron chi connectivity index (χ1n) is 2.12. The van der Waals surface area contributed by atoms with Crippen molar-refractivity contribution in [3.05, 3.63) is 0 Å². The summed E-state index contributed by atoms with van der Waals surface area (Å²) in [4.78, 5) is 20.1. The van der Waals surface area contributed by atoms with Gasteiger partial charge in [-0.3, -0.25) is 9.59 Å². The third kappa shape index (κ3) is 9.94. The van der Waals surface area contributed by atoms with Crippen molar-refractivity contribution in [1.82, 2.24) is 0 Å². The summed E-state index contributed by atoms with van der Waals surface area (Å²) in [6, 6.07) is 0. The number of rotatable bonds is 2. The molecule has 0 saturated carbocycles. The topological polar surface area (TPSA) is 34.1 Å². The molecule has 0 rings (SSSR count). The Kier molecular flexibility index (Phi) is 8.62. The molecular weight excluding hydrogens is 180 g/mol. The fraction of sp³-hybridized carbons (Fsp3) is 0.600. The van der Waals surface area contributed by atoms with Crippen LogP contribution < -0.4 is 0 Å². The summed E-state index contributed by atoms with van der Waals surface area (Å²) in [6.07, 6.45) is 0.0833.